The first-order valence-corrected chi connectivity index (χ1v) is 4.81. The molecule has 0 aliphatic carbocycles. The fraction of sp³-hybridized carbons (Fsp3) is 0.429. The molecule has 0 unspecified atom stereocenters. The summed E-state index contributed by atoms with van der Waals surface area (Å²) < 4.78 is 0.245. The van der Waals surface area contributed by atoms with Crippen LogP contribution >= 0.6 is 15.9 Å². The van der Waals surface area contributed by atoms with Crippen LogP contribution in [0.3, 0.4) is 0 Å². The molecule has 0 amide bonds. The second-order valence-corrected chi connectivity index (χ2v) is 3.39. The molecule has 0 aliphatic rings. The van der Waals surface area contributed by atoms with Crippen LogP contribution in [0.2, 0.25) is 0 Å². The van der Waals surface area contributed by atoms with Gasteiger partial charge in [0.15, 0.2) is 0 Å². The normalized spacial score (nSPS) is 10.1. The lowest BCUT2D eigenvalue weighted by Gasteiger charge is -2.05. The summed E-state index contributed by atoms with van der Waals surface area (Å²) in [4.78, 5) is 26.4. The third-order valence-electron chi connectivity index (χ3n) is 1.52. The van der Waals surface area contributed by atoms with E-state index in [1.54, 1.807) is 0 Å². The summed E-state index contributed by atoms with van der Waals surface area (Å²) in [5, 5.41) is 11.3. The Hall–Kier alpha value is -1.08. The minimum atomic E-state index is -0.565. The van der Waals surface area contributed by atoms with Gasteiger partial charge in [-0.1, -0.05) is 0 Å². The third-order valence-corrected chi connectivity index (χ3v) is 2.28. The molecule has 0 spiro atoms. The van der Waals surface area contributed by atoms with E-state index in [2.05, 4.69) is 31.2 Å². The van der Waals surface area contributed by atoms with Gasteiger partial charge in [-0.05, 0) is 22.4 Å². The Labute approximate surface area is 87.5 Å². The summed E-state index contributed by atoms with van der Waals surface area (Å²) in [6, 6.07) is 0. The molecule has 0 radical (unpaired) electrons. The maximum absolute atomic E-state index is 11.1. The predicted molar refractivity (Wildman–Crippen MR) is 55.6 cm³/mol. The standard InChI is InChI=1S/C7H10BrN3O3/c8-4-5(9-2-1-3-12)10-7(14)11-6(4)13/h12H,1-3H2,(H3,9,10,11,13,14). The molecule has 7 heteroatoms. The molecule has 4 N–H and O–H groups in total. The Morgan fingerprint density at radius 2 is 2.07 bits per heavy atom. The maximum Gasteiger partial charge on any atom is 0.327 e. The van der Waals surface area contributed by atoms with Crippen molar-refractivity contribution in [2.75, 3.05) is 18.5 Å². The zero-order valence-corrected chi connectivity index (χ0v) is 8.85. The van der Waals surface area contributed by atoms with E-state index in [-0.39, 0.29) is 11.1 Å². The highest BCUT2D eigenvalue weighted by Crippen LogP contribution is 2.11. The number of rotatable bonds is 4. The van der Waals surface area contributed by atoms with E-state index in [1.807, 2.05) is 0 Å². The Morgan fingerprint density at radius 3 is 2.71 bits per heavy atom. The van der Waals surface area contributed by atoms with E-state index in [1.165, 1.54) is 0 Å². The summed E-state index contributed by atoms with van der Waals surface area (Å²) in [6.45, 7) is 0.534. The van der Waals surface area contributed by atoms with Gasteiger partial charge in [-0.15, -0.1) is 0 Å². The number of aliphatic hydroxyl groups excluding tert-OH is 1. The fourth-order valence-corrected chi connectivity index (χ4v) is 1.22. The SMILES string of the molecule is O=c1[nH]c(NCCCO)c(Br)c(=O)[nH]1. The zero-order valence-electron chi connectivity index (χ0n) is 7.26. The molecule has 0 saturated heterocycles. The van der Waals surface area contributed by atoms with E-state index < -0.39 is 11.2 Å². The number of hydrogen-bond donors (Lipinski definition) is 4. The largest absolute Gasteiger partial charge is 0.396 e. The lowest BCUT2D eigenvalue weighted by atomic mass is 10.4. The molecule has 1 heterocycles. The second-order valence-electron chi connectivity index (χ2n) is 2.60. The van der Waals surface area contributed by atoms with Gasteiger partial charge in [-0.25, -0.2) is 4.79 Å². The lowest BCUT2D eigenvalue weighted by Crippen LogP contribution is -2.25. The molecule has 0 atom stereocenters. The van der Waals surface area contributed by atoms with Crippen molar-refractivity contribution < 1.29 is 5.11 Å². The van der Waals surface area contributed by atoms with Gasteiger partial charge in [-0.3, -0.25) is 14.8 Å². The van der Waals surface area contributed by atoms with Crippen LogP contribution in [-0.4, -0.2) is 28.2 Å². The summed E-state index contributed by atoms with van der Waals surface area (Å²) in [7, 11) is 0. The van der Waals surface area contributed by atoms with Crippen molar-refractivity contribution >= 4 is 21.7 Å². The van der Waals surface area contributed by atoms with Crippen molar-refractivity contribution in [2.24, 2.45) is 0 Å². The number of nitrogens with one attached hydrogen (secondary N) is 3. The Balaban J connectivity index is 2.86. The van der Waals surface area contributed by atoms with Gasteiger partial charge < -0.3 is 10.4 Å². The summed E-state index contributed by atoms with van der Waals surface area (Å²) in [6.07, 6.45) is 0.543. The van der Waals surface area contributed by atoms with E-state index in [4.69, 9.17) is 5.11 Å². The van der Waals surface area contributed by atoms with E-state index in [9.17, 15) is 9.59 Å². The number of halogens is 1. The Morgan fingerprint density at radius 1 is 1.36 bits per heavy atom. The Kier molecular flexibility index (Phi) is 3.90. The van der Waals surface area contributed by atoms with Gasteiger partial charge in [0.25, 0.3) is 5.56 Å². The second kappa shape index (κ2) is 4.97. The quantitative estimate of drug-likeness (QED) is 0.557. The molecule has 0 saturated carbocycles. The van der Waals surface area contributed by atoms with Crippen molar-refractivity contribution in [3.8, 4) is 0 Å². The van der Waals surface area contributed by atoms with Gasteiger partial charge in [0.05, 0.1) is 0 Å². The molecule has 1 aromatic heterocycles. The van der Waals surface area contributed by atoms with Gasteiger partial charge in [-0.2, -0.15) is 0 Å². The Bertz CT molecular complexity index is 411. The molecule has 0 fully saturated rings. The van der Waals surface area contributed by atoms with Crippen molar-refractivity contribution in [3.05, 3.63) is 25.3 Å². The zero-order chi connectivity index (χ0) is 10.6. The summed E-state index contributed by atoms with van der Waals surface area (Å²) in [5.74, 6) is 0.326. The molecule has 14 heavy (non-hydrogen) atoms. The number of hydrogen-bond acceptors (Lipinski definition) is 4. The first-order chi connectivity index (χ1) is 6.65. The maximum atomic E-state index is 11.1. The molecule has 0 aliphatic heterocycles. The van der Waals surface area contributed by atoms with Crippen LogP contribution in [0.1, 0.15) is 6.42 Å². The summed E-state index contributed by atoms with van der Waals surface area (Å²) >= 11 is 3.03. The van der Waals surface area contributed by atoms with Crippen LogP contribution < -0.4 is 16.6 Å². The van der Waals surface area contributed by atoms with Crippen molar-refractivity contribution in [2.45, 2.75) is 6.42 Å². The van der Waals surface area contributed by atoms with Crippen LogP contribution in [0.25, 0.3) is 0 Å². The van der Waals surface area contributed by atoms with E-state index >= 15 is 0 Å². The fourth-order valence-electron chi connectivity index (χ4n) is 0.885. The van der Waals surface area contributed by atoms with Crippen LogP contribution in [0.15, 0.2) is 14.1 Å². The van der Waals surface area contributed by atoms with Gasteiger partial charge in [0, 0.05) is 13.2 Å². The summed E-state index contributed by atoms with van der Waals surface area (Å²) in [5.41, 5.74) is -1.05. The van der Waals surface area contributed by atoms with Crippen molar-refractivity contribution in [1.29, 1.82) is 0 Å². The highest BCUT2D eigenvalue weighted by Gasteiger charge is 2.04. The van der Waals surface area contributed by atoms with E-state index in [0.29, 0.717) is 18.8 Å². The minimum Gasteiger partial charge on any atom is -0.396 e. The number of aliphatic hydroxyl groups is 1. The highest BCUT2D eigenvalue weighted by molar-refractivity contribution is 9.10. The predicted octanol–water partition coefficient (Wildman–Crippen LogP) is -0.380. The number of aromatic amines is 2. The third kappa shape index (κ3) is 2.71. The minimum absolute atomic E-state index is 0.0536. The van der Waals surface area contributed by atoms with E-state index in [0.717, 1.165) is 0 Å². The lowest BCUT2D eigenvalue weighted by molar-refractivity contribution is 0.292. The molecular weight excluding hydrogens is 254 g/mol. The van der Waals surface area contributed by atoms with Gasteiger partial charge >= 0.3 is 5.69 Å². The average molecular weight is 264 g/mol. The molecule has 0 aromatic carbocycles. The smallest absolute Gasteiger partial charge is 0.327 e. The number of H-pyrrole nitrogens is 2. The van der Waals surface area contributed by atoms with Crippen LogP contribution in [0.4, 0.5) is 5.82 Å². The topological polar surface area (TPSA) is 98.0 Å². The molecule has 6 nitrogen and oxygen atoms in total. The first kappa shape index (κ1) is 11.0. The monoisotopic (exact) mass is 263 g/mol. The van der Waals surface area contributed by atoms with Crippen LogP contribution in [-0.2, 0) is 0 Å². The van der Waals surface area contributed by atoms with Crippen molar-refractivity contribution in [3.63, 3.8) is 0 Å². The molecule has 78 valence electrons. The average Bonchev–Trinajstić information content (AvgIpc) is 2.13. The van der Waals surface area contributed by atoms with Crippen LogP contribution in [0, 0.1) is 0 Å². The van der Waals surface area contributed by atoms with Crippen LogP contribution in [0.5, 0.6) is 0 Å². The number of aromatic nitrogens is 2. The molecule has 1 rings (SSSR count). The van der Waals surface area contributed by atoms with Gasteiger partial charge in [0.2, 0.25) is 0 Å². The molecule has 0 bridgehead atoms. The van der Waals surface area contributed by atoms with Gasteiger partial charge in [0.1, 0.15) is 10.3 Å². The number of anilines is 1. The molecular formula is C7H10BrN3O3. The van der Waals surface area contributed by atoms with Crippen molar-refractivity contribution in [1.82, 2.24) is 9.97 Å². The molecule has 1 aromatic rings. The first-order valence-electron chi connectivity index (χ1n) is 4.02. The highest BCUT2D eigenvalue weighted by atomic mass is 79.9.